The highest BCUT2D eigenvalue weighted by atomic mass is 16.4. The quantitative estimate of drug-likeness (QED) is 0.417. The Hall–Kier alpha value is -1.18. The Morgan fingerprint density at radius 1 is 1.32 bits per heavy atom. The first-order valence-corrected chi connectivity index (χ1v) is 6.75. The van der Waals surface area contributed by atoms with E-state index in [9.17, 15) is 14.7 Å². The monoisotopic (exact) mass is 273 g/mol. The number of rotatable bonds is 8. The third-order valence-electron chi connectivity index (χ3n) is 3.34. The van der Waals surface area contributed by atoms with Gasteiger partial charge in [-0.3, -0.25) is 9.69 Å². The number of nitrogens with one attached hydrogen (secondary N) is 2. The van der Waals surface area contributed by atoms with Crippen LogP contribution in [-0.4, -0.2) is 74.3 Å². The fourth-order valence-electron chi connectivity index (χ4n) is 2.24. The molecule has 0 aromatic rings. The van der Waals surface area contributed by atoms with Crippen LogP contribution in [0.3, 0.4) is 0 Å². The van der Waals surface area contributed by atoms with E-state index >= 15 is 0 Å². The summed E-state index contributed by atoms with van der Waals surface area (Å²) in [6, 6.07) is 0. The van der Waals surface area contributed by atoms with Crippen LogP contribution in [-0.2, 0) is 9.59 Å². The molecule has 0 saturated carbocycles. The number of nitrogens with zero attached hydrogens (tertiary/aromatic N) is 1. The molecule has 1 aliphatic rings. The zero-order valence-corrected chi connectivity index (χ0v) is 11.2. The van der Waals surface area contributed by atoms with Crippen LogP contribution in [0.2, 0.25) is 0 Å². The van der Waals surface area contributed by atoms with Gasteiger partial charge in [0.1, 0.15) is 0 Å². The summed E-state index contributed by atoms with van der Waals surface area (Å²) in [7, 11) is 0. The molecule has 0 spiro atoms. The number of β-amino-alcohol motifs (C(OH)–C–C–N with tert-alkyl or cyclic N) is 1. The van der Waals surface area contributed by atoms with Gasteiger partial charge in [0.25, 0.3) is 0 Å². The fraction of sp³-hybridized carbons (Fsp3) is 0.833. The van der Waals surface area contributed by atoms with Crippen molar-refractivity contribution in [3.63, 3.8) is 0 Å². The maximum Gasteiger partial charge on any atom is 0.220 e. The molecule has 1 fully saturated rings. The van der Waals surface area contributed by atoms with Crippen molar-refractivity contribution in [1.29, 1.82) is 0 Å². The summed E-state index contributed by atoms with van der Waals surface area (Å²) in [5, 5.41) is 21.3. The molecule has 1 amide bonds. The minimum absolute atomic E-state index is 0.202. The van der Waals surface area contributed by atoms with E-state index in [0.29, 0.717) is 6.42 Å². The van der Waals surface area contributed by atoms with Gasteiger partial charge in [-0.25, -0.2) is 0 Å². The van der Waals surface area contributed by atoms with Gasteiger partial charge in [0.05, 0.1) is 38.8 Å². The van der Waals surface area contributed by atoms with Crippen LogP contribution in [0, 0.1) is 0 Å². The van der Waals surface area contributed by atoms with Crippen LogP contribution in [0.1, 0.15) is 12.8 Å². The first-order valence-electron chi connectivity index (χ1n) is 6.75. The SMILES string of the molecule is O=C([O-])CNC(=O)CCC[NH+]1CCN(CCO)CC1. The van der Waals surface area contributed by atoms with Crippen molar-refractivity contribution in [3.05, 3.63) is 0 Å². The summed E-state index contributed by atoms with van der Waals surface area (Å²) in [5.41, 5.74) is 0. The van der Waals surface area contributed by atoms with E-state index in [4.69, 9.17) is 5.11 Å². The second kappa shape index (κ2) is 8.84. The Morgan fingerprint density at radius 3 is 2.58 bits per heavy atom. The highest BCUT2D eigenvalue weighted by Crippen LogP contribution is 1.89. The van der Waals surface area contributed by atoms with E-state index in [1.54, 1.807) is 0 Å². The molecule has 1 saturated heterocycles. The van der Waals surface area contributed by atoms with E-state index in [1.165, 1.54) is 4.90 Å². The number of aliphatic hydroxyl groups is 1. The molecule has 3 N–H and O–H groups in total. The van der Waals surface area contributed by atoms with Crippen LogP contribution >= 0.6 is 0 Å². The van der Waals surface area contributed by atoms with Crippen molar-refractivity contribution >= 4 is 11.9 Å². The predicted molar refractivity (Wildman–Crippen MR) is 66.3 cm³/mol. The maximum absolute atomic E-state index is 11.3. The van der Waals surface area contributed by atoms with E-state index in [1.807, 2.05) is 0 Å². The molecule has 0 aliphatic carbocycles. The summed E-state index contributed by atoms with van der Waals surface area (Å²) in [4.78, 5) is 25.1. The van der Waals surface area contributed by atoms with Gasteiger partial charge in [-0.1, -0.05) is 0 Å². The third kappa shape index (κ3) is 7.09. The zero-order chi connectivity index (χ0) is 14.1. The average molecular weight is 273 g/mol. The molecule has 1 heterocycles. The Bertz CT molecular complexity index is 291. The molecule has 0 unspecified atom stereocenters. The smallest absolute Gasteiger partial charge is 0.220 e. The molecule has 7 nitrogen and oxygen atoms in total. The third-order valence-corrected chi connectivity index (χ3v) is 3.34. The van der Waals surface area contributed by atoms with Gasteiger partial charge in [-0.2, -0.15) is 0 Å². The van der Waals surface area contributed by atoms with E-state index in [0.717, 1.165) is 45.7 Å². The number of amides is 1. The number of carbonyl (C=O) groups is 2. The average Bonchev–Trinajstić information content (AvgIpc) is 2.39. The van der Waals surface area contributed by atoms with Gasteiger partial charge < -0.3 is 25.2 Å². The van der Waals surface area contributed by atoms with Crippen molar-refractivity contribution in [3.8, 4) is 0 Å². The number of carboxylic acids is 1. The highest BCUT2D eigenvalue weighted by Gasteiger charge is 2.18. The number of hydrogen-bond acceptors (Lipinski definition) is 5. The number of hydrogen-bond donors (Lipinski definition) is 3. The highest BCUT2D eigenvalue weighted by molar-refractivity contribution is 5.80. The molecule has 0 bridgehead atoms. The lowest BCUT2D eigenvalue weighted by atomic mass is 10.2. The van der Waals surface area contributed by atoms with Gasteiger partial charge in [0.2, 0.25) is 5.91 Å². The molecule has 110 valence electrons. The standard InChI is InChI=1S/C12H23N3O4/c16-9-8-15-6-4-14(5-7-15)3-1-2-11(17)13-10-12(18)19/h16H,1-10H2,(H,13,17)(H,18,19). The summed E-state index contributed by atoms with van der Waals surface area (Å²) in [6.45, 7) is 5.46. The zero-order valence-electron chi connectivity index (χ0n) is 11.2. The molecule has 0 aromatic heterocycles. The van der Waals surface area contributed by atoms with Crippen LogP contribution in [0.4, 0.5) is 0 Å². The number of quaternary nitrogens is 1. The minimum atomic E-state index is -1.26. The molecule has 1 rings (SSSR count). The van der Waals surface area contributed by atoms with Crippen LogP contribution in [0.25, 0.3) is 0 Å². The van der Waals surface area contributed by atoms with Gasteiger partial charge in [-0.05, 0) is 0 Å². The minimum Gasteiger partial charge on any atom is -0.548 e. The number of aliphatic carboxylic acids is 1. The molecule has 0 atom stereocenters. The summed E-state index contributed by atoms with van der Waals surface area (Å²) >= 11 is 0. The number of piperazine rings is 1. The lowest BCUT2D eigenvalue weighted by Crippen LogP contribution is -3.14. The number of carboxylic acid groups (broad SMARTS) is 1. The van der Waals surface area contributed by atoms with Gasteiger partial charge in [-0.15, -0.1) is 0 Å². The molecule has 0 aromatic carbocycles. The Morgan fingerprint density at radius 2 is 2.00 bits per heavy atom. The van der Waals surface area contributed by atoms with Crippen molar-refractivity contribution in [1.82, 2.24) is 10.2 Å². The normalized spacial score (nSPS) is 17.3. The molecule has 0 radical (unpaired) electrons. The molecular weight excluding hydrogens is 250 g/mol. The number of carbonyl (C=O) groups excluding carboxylic acids is 2. The van der Waals surface area contributed by atoms with E-state index in [2.05, 4.69) is 10.2 Å². The Labute approximate surface area is 113 Å². The predicted octanol–water partition coefficient (Wildman–Crippen LogP) is -4.17. The first-order chi connectivity index (χ1) is 9.11. The Kier molecular flexibility index (Phi) is 7.39. The van der Waals surface area contributed by atoms with Crippen molar-refractivity contribution in [2.45, 2.75) is 12.8 Å². The van der Waals surface area contributed by atoms with Crippen LogP contribution in [0.15, 0.2) is 0 Å². The second-order valence-corrected chi connectivity index (χ2v) is 4.82. The summed E-state index contributed by atoms with van der Waals surface area (Å²) < 4.78 is 0. The lowest BCUT2D eigenvalue weighted by molar-refractivity contribution is -0.904. The topological polar surface area (TPSA) is 97.1 Å². The maximum atomic E-state index is 11.3. The largest absolute Gasteiger partial charge is 0.548 e. The fourth-order valence-corrected chi connectivity index (χ4v) is 2.24. The molecule has 1 aliphatic heterocycles. The molecule has 7 heteroatoms. The van der Waals surface area contributed by atoms with Crippen molar-refractivity contribution < 1.29 is 24.7 Å². The van der Waals surface area contributed by atoms with Gasteiger partial charge in [0.15, 0.2) is 0 Å². The lowest BCUT2D eigenvalue weighted by Gasteiger charge is -2.31. The van der Waals surface area contributed by atoms with Gasteiger partial charge in [0, 0.05) is 32.5 Å². The number of aliphatic hydroxyl groups excluding tert-OH is 1. The molecular formula is C12H23N3O4. The van der Waals surface area contributed by atoms with Gasteiger partial charge >= 0.3 is 0 Å². The molecule has 19 heavy (non-hydrogen) atoms. The van der Waals surface area contributed by atoms with Crippen molar-refractivity contribution in [2.75, 3.05) is 52.4 Å². The van der Waals surface area contributed by atoms with Crippen molar-refractivity contribution in [2.24, 2.45) is 0 Å². The van der Waals surface area contributed by atoms with E-state index in [-0.39, 0.29) is 12.5 Å². The van der Waals surface area contributed by atoms with Crippen LogP contribution in [0.5, 0.6) is 0 Å². The van der Waals surface area contributed by atoms with Crippen LogP contribution < -0.4 is 15.3 Å². The second-order valence-electron chi connectivity index (χ2n) is 4.82. The Balaban J connectivity index is 2.04. The summed E-state index contributed by atoms with van der Waals surface area (Å²) in [5.74, 6) is -1.50. The first kappa shape index (κ1) is 15.9. The van der Waals surface area contributed by atoms with E-state index < -0.39 is 12.5 Å². The summed E-state index contributed by atoms with van der Waals surface area (Å²) in [6.07, 6.45) is 1.12.